The van der Waals surface area contributed by atoms with Crippen LogP contribution in [0.4, 0.5) is 10.3 Å². The number of sulfone groups is 1. The van der Waals surface area contributed by atoms with E-state index in [0.29, 0.717) is 30.6 Å². The number of rotatable bonds is 6. The molecule has 0 bridgehead atoms. The van der Waals surface area contributed by atoms with Gasteiger partial charge in [0, 0.05) is 19.2 Å². The number of halogens is 1. The molecule has 2 aromatic carbocycles. The Kier molecular flexibility index (Phi) is 7.17. The Morgan fingerprint density at radius 3 is 2.46 bits per heavy atom. The summed E-state index contributed by atoms with van der Waals surface area (Å²) in [5, 5.41) is -0.216. The Hall–Kier alpha value is -3.06. The van der Waals surface area contributed by atoms with Gasteiger partial charge >= 0.3 is 0 Å². The first-order valence-corrected chi connectivity index (χ1v) is 14.1. The maximum Gasteiger partial charge on any atom is 0.266 e. The lowest BCUT2D eigenvalue weighted by Crippen LogP contribution is -2.36. The number of thiocarbonyl (C=S) groups is 1. The van der Waals surface area contributed by atoms with Gasteiger partial charge in [-0.15, -0.1) is 0 Å². The summed E-state index contributed by atoms with van der Waals surface area (Å²) in [5.74, 6) is -0.648. The van der Waals surface area contributed by atoms with Crippen molar-refractivity contribution in [2.75, 3.05) is 31.2 Å². The highest BCUT2D eigenvalue weighted by molar-refractivity contribution is 8.26. The van der Waals surface area contributed by atoms with Gasteiger partial charge in [0.2, 0.25) is 26.6 Å². The Labute approximate surface area is 223 Å². The van der Waals surface area contributed by atoms with Crippen LogP contribution >= 0.6 is 24.0 Å². The Bertz CT molecular complexity index is 1480. The van der Waals surface area contributed by atoms with Gasteiger partial charge in [-0.3, -0.25) is 9.69 Å². The summed E-state index contributed by atoms with van der Waals surface area (Å²) >= 11 is 6.45. The second kappa shape index (κ2) is 10.4. The molecule has 0 radical (unpaired) electrons. The maximum atomic E-state index is 13.5. The number of benzene rings is 2. The smallest absolute Gasteiger partial charge is 0.266 e. The highest BCUT2D eigenvalue weighted by Gasteiger charge is 2.35. The zero-order chi connectivity index (χ0) is 26.2. The summed E-state index contributed by atoms with van der Waals surface area (Å²) in [6.07, 6.45) is 1.40. The number of oxazole rings is 1. The SMILES string of the molecule is Cc1ccc(S(=O)(=O)c2nc(/C=C3/SC(=S)N(Cc4ccc(F)cc4)C3=O)oc2N2CCOCC2)cc1. The second-order valence-corrected chi connectivity index (χ2v) is 12.0. The first-order chi connectivity index (χ1) is 17.7. The molecule has 3 heterocycles. The number of ether oxygens (including phenoxy) is 1. The molecule has 1 amide bonds. The van der Waals surface area contributed by atoms with Gasteiger partial charge in [-0.2, -0.15) is 4.98 Å². The first kappa shape index (κ1) is 25.6. The lowest BCUT2D eigenvalue weighted by Gasteiger charge is -2.26. The fraction of sp³-hybridized carbons (Fsp3) is 0.240. The van der Waals surface area contributed by atoms with Crippen LogP contribution in [0, 0.1) is 12.7 Å². The highest BCUT2D eigenvalue weighted by atomic mass is 32.2. The van der Waals surface area contributed by atoms with Crippen molar-refractivity contribution in [3.63, 3.8) is 0 Å². The normalized spacial score (nSPS) is 17.7. The number of hydrogen-bond acceptors (Lipinski definition) is 9. The van der Waals surface area contributed by atoms with Gasteiger partial charge in [-0.25, -0.2) is 12.8 Å². The van der Waals surface area contributed by atoms with Crippen LogP contribution in [0.25, 0.3) is 6.08 Å². The van der Waals surface area contributed by atoms with Crippen LogP contribution < -0.4 is 4.90 Å². The number of carbonyl (C=O) groups is 1. The molecule has 1 aromatic heterocycles. The maximum absolute atomic E-state index is 13.5. The number of nitrogens with zero attached hydrogens (tertiary/aromatic N) is 3. The first-order valence-electron chi connectivity index (χ1n) is 11.4. The molecule has 2 aliphatic heterocycles. The molecular formula is C25H22FN3O5S3. The minimum absolute atomic E-state index is 0.0190. The predicted molar refractivity (Wildman–Crippen MR) is 141 cm³/mol. The van der Waals surface area contributed by atoms with Crippen LogP contribution in [0.1, 0.15) is 17.0 Å². The molecule has 2 aliphatic rings. The summed E-state index contributed by atoms with van der Waals surface area (Å²) in [5.41, 5.74) is 1.65. The van der Waals surface area contributed by atoms with Gasteiger partial charge in [0.25, 0.3) is 5.91 Å². The molecule has 8 nitrogen and oxygen atoms in total. The van der Waals surface area contributed by atoms with Gasteiger partial charge < -0.3 is 14.1 Å². The number of carbonyl (C=O) groups excluding carboxylic acids is 1. The van der Waals surface area contributed by atoms with Crippen LogP contribution in [-0.2, 0) is 25.9 Å². The van der Waals surface area contributed by atoms with Crippen molar-refractivity contribution in [2.45, 2.75) is 23.4 Å². The molecular weight excluding hydrogens is 537 g/mol. The minimum atomic E-state index is -4.00. The summed E-state index contributed by atoms with van der Waals surface area (Å²) in [4.78, 5) is 20.9. The molecule has 0 aliphatic carbocycles. The quantitative estimate of drug-likeness (QED) is 0.326. The van der Waals surface area contributed by atoms with Crippen LogP contribution in [0.3, 0.4) is 0 Å². The topological polar surface area (TPSA) is 93.0 Å². The summed E-state index contributed by atoms with van der Waals surface area (Å²) < 4.78 is 52.0. The summed E-state index contributed by atoms with van der Waals surface area (Å²) in [6.45, 7) is 3.76. The van der Waals surface area contributed by atoms with Crippen molar-refractivity contribution < 1.29 is 26.8 Å². The van der Waals surface area contributed by atoms with E-state index in [4.69, 9.17) is 21.4 Å². The summed E-state index contributed by atoms with van der Waals surface area (Å²) in [6, 6.07) is 12.3. The third kappa shape index (κ3) is 5.33. The minimum Gasteiger partial charge on any atom is -0.420 e. The summed E-state index contributed by atoms with van der Waals surface area (Å²) in [7, 11) is -4.00. The van der Waals surface area contributed by atoms with Crippen LogP contribution in [0.5, 0.6) is 0 Å². The molecule has 5 rings (SSSR count). The number of anilines is 1. The largest absolute Gasteiger partial charge is 0.420 e. The van der Waals surface area contributed by atoms with Crippen molar-refractivity contribution in [2.24, 2.45) is 0 Å². The molecule has 0 saturated carbocycles. The molecule has 0 N–H and O–H groups in total. The number of hydrogen-bond donors (Lipinski definition) is 0. The molecule has 2 saturated heterocycles. The average Bonchev–Trinajstić information content (AvgIpc) is 3.43. The molecule has 0 atom stereocenters. The van der Waals surface area contributed by atoms with E-state index in [1.807, 2.05) is 6.92 Å². The van der Waals surface area contributed by atoms with Crippen molar-refractivity contribution in [3.05, 3.63) is 76.3 Å². The van der Waals surface area contributed by atoms with Crippen LogP contribution in [0.15, 0.2) is 67.8 Å². The number of aromatic nitrogens is 1. The van der Waals surface area contributed by atoms with Gasteiger partial charge in [0.1, 0.15) is 10.1 Å². The lowest BCUT2D eigenvalue weighted by molar-refractivity contribution is -0.122. The monoisotopic (exact) mass is 559 g/mol. The molecule has 0 unspecified atom stereocenters. The lowest BCUT2D eigenvalue weighted by atomic mass is 10.2. The van der Waals surface area contributed by atoms with E-state index in [1.165, 1.54) is 35.2 Å². The van der Waals surface area contributed by atoms with Crippen molar-refractivity contribution in [3.8, 4) is 0 Å². The molecule has 0 spiro atoms. The molecule has 2 fully saturated rings. The molecule has 3 aromatic rings. The van der Waals surface area contributed by atoms with Crippen LogP contribution in [-0.4, -0.2) is 54.8 Å². The van der Waals surface area contributed by atoms with E-state index in [2.05, 4.69) is 4.98 Å². The number of morpholine rings is 1. The van der Waals surface area contributed by atoms with E-state index in [9.17, 15) is 17.6 Å². The molecule has 37 heavy (non-hydrogen) atoms. The fourth-order valence-corrected chi connectivity index (χ4v) is 6.41. The number of aryl methyl sites for hydroxylation is 1. The predicted octanol–water partition coefficient (Wildman–Crippen LogP) is 4.19. The van der Waals surface area contributed by atoms with E-state index in [0.717, 1.165) is 22.9 Å². The Balaban J connectivity index is 1.48. The van der Waals surface area contributed by atoms with Crippen LogP contribution in [0.2, 0.25) is 0 Å². The van der Waals surface area contributed by atoms with E-state index >= 15 is 0 Å². The van der Waals surface area contributed by atoms with Crippen molar-refractivity contribution in [1.29, 1.82) is 0 Å². The zero-order valence-electron chi connectivity index (χ0n) is 19.7. The van der Waals surface area contributed by atoms with Gasteiger partial charge in [-0.1, -0.05) is 53.8 Å². The van der Waals surface area contributed by atoms with Gasteiger partial charge in [0.05, 0.1) is 29.6 Å². The average molecular weight is 560 g/mol. The van der Waals surface area contributed by atoms with Crippen molar-refractivity contribution >= 4 is 56.0 Å². The van der Waals surface area contributed by atoms with Gasteiger partial charge in [0.15, 0.2) is 0 Å². The van der Waals surface area contributed by atoms with E-state index in [1.54, 1.807) is 29.2 Å². The highest BCUT2D eigenvalue weighted by Crippen LogP contribution is 2.36. The zero-order valence-corrected chi connectivity index (χ0v) is 22.2. The van der Waals surface area contributed by atoms with Gasteiger partial charge in [-0.05, 0) is 36.8 Å². The third-order valence-corrected chi connectivity index (χ3v) is 8.91. The number of thioether (sulfide) groups is 1. The number of amides is 1. The Morgan fingerprint density at radius 1 is 1.11 bits per heavy atom. The van der Waals surface area contributed by atoms with E-state index in [-0.39, 0.29) is 44.9 Å². The molecule has 12 heteroatoms. The second-order valence-electron chi connectivity index (χ2n) is 8.47. The van der Waals surface area contributed by atoms with E-state index < -0.39 is 9.84 Å². The molecule has 192 valence electrons. The Morgan fingerprint density at radius 2 is 1.78 bits per heavy atom. The fourth-order valence-electron chi connectivity index (χ4n) is 3.87. The standard InChI is InChI=1S/C25H22FN3O5S3/c1-16-2-8-19(9-3-16)37(31,32)22-24(28-10-12-33-13-11-28)34-21(27-22)14-20-23(30)29(25(35)36-20)15-17-4-6-18(26)7-5-17/h2-9,14H,10-13,15H2,1H3/b20-14+. The third-order valence-electron chi connectivity index (χ3n) is 5.86. The van der Waals surface area contributed by atoms with Crippen molar-refractivity contribution in [1.82, 2.24) is 9.88 Å².